The summed E-state index contributed by atoms with van der Waals surface area (Å²) in [6.07, 6.45) is 0. The number of aryl methyl sites for hydroxylation is 2. The van der Waals surface area contributed by atoms with E-state index in [0.717, 1.165) is 0 Å². The van der Waals surface area contributed by atoms with Gasteiger partial charge in [-0.2, -0.15) is 0 Å². The molecular weight excluding hydrogens is 379 g/mol. The third kappa shape index (κ3) is 3.25. The topological polar surface area (TPSA) is 0 Å². The second kappa shape index (κ2) is 6.66. The summed E-state index contributed by atoms with van der Waals surface area (Å²) in [6.45, 7) is 4.27. The summed E-state index contributed by atoms with van der Waals surface area (Å²) in [5.41, 5.74) is 6.66. The average Bonchev–Trinajstić information content (AvgIpc) is 2.53. The van der Waals surface area contributed by atoms with Crippen molar-refractivity contribution in [3.8, 4) is 0 Å². The molecule has 0 saturated carbocycles. The maximum atomic E-state index is 2.44. The van der Waals surface area contributed by atoms with E-state index in [1.165, 1.54) is 31.4 Å². The molecule has 0 amide bonds. The highest BCUT2D eigenvalue weighted by atomic mass is 127. The van der Waals surface area contributed by atoms with Gasteiger partial charge in [-0.15, -0.1) is 0 Å². The Bertz CT molecular complexity index is 709. The molecule has 3 rings (SSSR count). The summed E-state index contributed by atoms with van der Waals surface area (Å²) in [5.74, 6) is 0.286. The third-order valence-corrected chi connectivity index (χ3v) is 5.02. The third-order valence-electron chi connectivity index (χ3n) is 4.04. The van der Waals surface area contributed by atoms with Gasteiger partial charge < -0.3 is 0 Å². The number of benzene rings is 3. The van der Waals surface area contributed by atoms with Crippen LogP contribution in [0.1, 0.15) is 33.7 Å². The molecule has 0 fully saturated rings. The van der Waals surface area contributed by atoms with Gasteiger partial charge in [0.2, 0.25) is 0 Å². The molecule has 0 aliphatic carbocycles. The zero-order chi connectivity index (χ0) is 15.5. The van der Waals surface area contributed by atoms with Crippen LogP contribution in [0.25, 0.3) is 0 Å². The number of hydrogen-bond acceptors (Lipinski definition) is 0. The average molecular weight is 398 g/mol. The van der Waals surface area contributed by atoms with Gasteiger partial charge in [-0.05, 0) is 59.2 Å². The Labute approximate surface area is 146 Å². The maximum Gasteiger partial charge on any atom is 0.0350 e. The second-order valence-corrected chi connectivity index (χ2v) is 6.94. The van der Waals surface area contributed by atoms with Crippen LogP contribution in [-0.2, 0) is 0 Å². The van der Waals surface area contributed by atoms with Gasteiger partial charge in [-0.25, -0.2) is 0 Å². The zero-order valence-electron chi connectivity index (χ0n) is 12.9. The molecule has 3 aromatic rings. The van der Waals surface area contributed by atoms with E-state index in [4.69, 9.17) is 0 Å². The van der Waals surface area contributed by atoms with E-state index in [2.05, 4.69) is 109 Å². The predicted octanol–water partition coefficient (Wildman–Crippen LogP) is 6.09. The molecule has 1 heteroatoms. The molecule has 0 aliphatic heterocycles. The van der Waals surface area contributed by atoms with Crippen LogP contribution in [0.3, 0.4) is 0 Å². The fourth-order valence-corrected chi connectivity index (χ4v) is 3.48. The highest BCUT2D eigenvalue weighted by Gasteiger charge is 2.18. The highest BCUT2D eigenvalue weighted by molar-refractivity contribution is 14.1. The van der Waals surface area contributed by atoms with Crippen LogP contribution in [0, 0.1) is 17.4 Å². The van der Waals surface area contributed by atoms with Crippen molar-refractivity contribution in [3.63, 3.8) is 0 Å². The SMILES string of the molecule is Cc1ccc(C(c2ccc(C)cc2)c2ccccc2I)cc1. The molecule has 110 valence electrons. The second-order valence-electron chi connectivity index (χ2n) is 5.78. The zero-order valence-corrected chi connectivity index (χ0v) is 15.0. The van der Waals surface area contributed by atoms with E-state index in [-0.39, 0.29) is 5.92 Å². The van der Waals surface area contributed by atoms with Crippen LogP contribution in [0.2, 0.25) is 0 Å². The van der Waals surface area contributed by atoms with E-state index in [1.807, 2.05) is 0 Å². The lowest BCUT2D eigenvalue weighted by molar-refractivity contribution is 0.966. The summed E-state index contributed by atoms with van der Waals surface area (Å²) in [6, 6.07) is 26.5. The fourth-order valence-electron chi connectivity index (χ4n) is 2.78. The molecule has 0 heterocycles. The van der Waals surface area contributed by atoms with E-state index in [1.54, 1.807) is 0 Å². The summed E-state index contributed by atoms with van der Waals surface area (Å²) >= 11 is 2.44. The molecule has 0 saturated heterocycles. The molecule has 0 bridgehead atoms. The summed E-state index contributed by atoms with van der Waals surface area (Å²) in [5, 5.41) is 0. The minimum Gasteiger partial charge on any atom is -0.0619 e. The Morgan fingerprint density at radius 1 is 0.636 bits per heavy atom. The van der Waals surface area contributed by atoms with Crippen molar-refractivity contribution in [3.05, 3.63) is 104 Å². The van der Waals surface area contributed by atoms with Crippen LogP contribution < -0.4 is 0 Å². The Morgan fingerprint density at radius 2 is 1.09 bits per heavy atom. The van der Waals surface area contributed by atoms with Gasteiger partial charge in [-0.1, -0.05) is 77.9 Å². The largest absolute Gasteiger partial charge is 0.0619 e. The van der Waals surface area contributed by atoms with Gasteiger partial charge in [-0.3, -0.25) is 0 Å². The fraction of sp³-hybridized carbons (Fsp3) is 0.143. The first-order valence-corrected chi connectivity index (χ1v) is 8.60. The van der Waals surface area contributed by atoms with Crippen molar-refractivity contribution in [1.82, 2.24) is 0 Å². The van der Waals surface area contributed by atoms with Crippen molar-refractivity contribution in [1.29, 1.82) is 0 Å². The highest BCUT2D eigenvalue weighted by Crippen LogP contribution is 2.34. The van der Waals surface area contributed by atoms with Gasteiger partial charge in [0, 0.05) is 9.49 Å². The maximum absolute atomic E-state index is 2.44. The Balaban J connectivity index is 2.16. The molecule has 0 aliphatic rings. The van der Waals surface area contributed by atoms with Crippen LogP contribution in [0.4, 0.5) is 0 Å². The van der Waals surface area contributed by atoms with Crippen LogP contribution in [-0.4, -0.2) is 0 Å². The molecular formula is C21H19I. The van der Waals surface area contributed by atoms with Gasteiger partial charge in [0.15, 0.2) is 0 Å². The van der Waals surface area contributed by atoms with E-state index in [0.29, 0.717) is 0 Å². The molecule has 0 radical (unpaired) electrons. The van der Waals surface area contributed by atoms with Crippen molar-refractivity contribution < 1.29 is 0 Å². The molecule has 3 aromatic carbocycles. The van der Waals surface area contributed by atoms with E-state index < -0.39 is 0 Å². The van der Waals surface area contributed by atoms with Crippen LogP contribution in [0.5, 0.6) is 0 Å². The Morgan fingerprint density at radius 3 is 1.55 bits per heavy atom. The summed E-state index contributed by atoms with van der Waals surface area (Å²) in [4.78, 5) is 0. The molecule has 0 spiro atoms. The molecule has 0 N–H and O–H groups in total. The molecule has 0 aromatic heterocycles. The Hall–Kier alpha value is -1.61. The number of hydrogen-bond donors (Lipinski definition) is 0. The van der Waals surface area contributed by atoms with Gasteiger partial charge in [0.25, 0.3) is 0 Å². The van der Waals surface area contributed by atoms with Gasteiger partial charge >= 0.3 is 0 Å². The molecule has 0 unspecified atom stereocenters. The first kappa shape index (κ1) is 15.3. The minimum atomic E-state index is 0.286. The molecule has 22 heavy (non-hydrogen) atoms. The van der Waals surface area contributed by atoms with Crippen LogP contribution >= 0.6 is 22.6 Å². The summed E-state index contributed by atoms with van der Waals surface area (Å²) < 4.78 is 1.31. The van der Waals surface area contributed by atoms with Crippen LogP contribution in [0.15, 0.2) is 72.8 Å². The lowest BCUT2D eigenvalue weighted by Crippen LogP contribution is -2.05. The lowest BCUT2D eigenvalue weighted by atomic mass is 9.84. The minimum absolute atomic E-state index is 0.286. The molecule has 0 atom stereocenters. The van der Waals surface area contributed by atoms with Crippen molar-refractivity contribution >= 4 is 22.6 Å². The normalized spacial score (nSPS) is 10.9. The first-order valence-electron chi connectivity index (χ1n) is 7.53. The van der Waals surface area contributed by atoms with E-state index in [9.17, 15) is 0 Å². The standard InChI is InChI=1S/C21H19I/c1-15-7-11-17(12-8-15)21(18-13-9-16(2)10-14-18)19-5-3-4-6-20(19)22/h3-14,21H,1-2H3. The van der Waals surface area contributed by atoms with Gasteiger partial charge in [0.05, 0.1) is 0 Å². The van der Waals surface area contributed by atoms with Crippen molar-refractivity contribution in [2.75, 3.05) is 0 Å². The summed E-state index contributed by atoms with van der Waals surface area (Å²) in [7, 11) is 0. The van der Waals surface area contributed by atoms with Crippen molar-refractivity contribution in [2.45, 2.75) is 19.8 Å². The first-order chi connectivity index (χ1) is 10.6. The smallest absolute Gasteiger partial charge is 0.0350 e. The quantitative estimate of drug-likeness (QED) is 0.370. The monoisotopic (exact) mass is 398 g/mol. The van der Waals surface area contributed by atoms with Gasteiger partial charge in [0.1, 0.15) is 0 Å². The Kier molecular flexibility index (Phi) is 4.63. The van der Waals surface area contributed by atoms with Crippen molar-refractivity contribution in [2.24, 2.45) is 0 Å². The lowest BCUT2D eigenvalue weighted by Gasteiger charge is -2.20. The number of rotatable bonds is 3. The van der Waals surface area contributed by atoms with E-state index >= 15 is 0 Å². The predicted molar refractivity (Wildman–Crippen MR) is 102 cm³/mol. The molecule has 0 nitrogen and oxygen atoms in total. The number of halogens is 1.